The Morgan fingerprint density at radius 3 is 2.52 bits per heavy atom. The van der Waals surface area contributed by atoms with E-state index in [1.165, 1.54) is 10.2 Å². The number of benzene rings is 1. The summed E-state index contributed by atoms with van der Waals surface area (Å²) in [5, 5.41) is 13.1. The third-order valence-electron chi connectivity index (χ3n) is 7.40. The fraction of sp³-hybridized carbons (Fsp3) is 0.542. The highest BCUT2D eigenvalue weighted by Gasteiger charge is 2.47. The minimum atomic E-state index is -3.49. The lowest BCUT2D eigenvalue weighted by atomic mass is 9.77. The van der Waals surface area contributed by atoms with Crippen LogP contribution in [0.25, 0.3) is 10.9 Å². The van der Waals surface area contributed by atoms with E-state index in [0.29, 0.717) is 50.7 Å². The van der Waals surface area contributed by atoms with Crippen LogP contribution >= 0.6 is 0 Å². The molecule has 0 unspecified atom stereocenters. The molecule has 2 saturated carbocycles. The van der Waals surface area contributed by atoms with Crippen LogP contribution in [0.1, 0.15) is 49.8 Å². The largest absolute Gasteiger partial charge is 0.338 e. The zero-order valence-electron chi connectivity index (χ0n) is 18.7. The van der Waals surface area contributed by atoms with Gasteiger partial charge in [0.2, 0.25) is 21.8 Å². The summed E-state index contributed by atoms with van der Waals surface area (Å²) in [5.41, 5.74) is 1.51. The number of carbonyl (C=O) groups is 2. The molecule has 0 bridgehead atoms. The molecule has 9 heteroatoms. The average Bonchev–Trinajstić information content (AvgIpc) is 3.49. The molecule has 174 valence electrons. The van der Waals surface area contributed by atoms with Crippen LogP contribution in [0.2, 0.25) is 0 Å². The highest BCUT2D eigenvalue weighted by molar-refractivity contribution is 7.89. The number of rotatable bonds is 4. The van der Waals surface area contributed by atoms with Crippen LogP contribution in [0, 0.1) is 23.2 Å². The quantitative estimate of drug-likeness (QED) is 0.740. The minimum Gasteiger partial charge on any atom is -0.338 e. The summed E-state index contributed by atoms with van der Waals surface area (Å²) >= 11 is 0. The fourth-order valence-corrected chi connectivity index (χ4v) is 6.65. The molecule has 2 atom stereocenters. The maximum absolute atomic E-state index is 13.6. The first-order chi connectivity index (χ1) is 15.7. The van der Waals surface area contributed by atoms with Crippen molar-refractivity contribution in [2.45, 2.75) is 57.0 Å². The molecule has 1 aromatic carbocycles. The number of nitriles is 1. The van der Waals surface area contributed by atoms with E-state index in [4.69, 9.17) is 0 Å². The number of aromatic nitrogens is 1. The molecule has 0 saturated heterocycles. The van der Waals surface area contributed by atoms with E-state index >= 15 is 0 Å². The second-order valence-electron chi connectivity index (χ2n) is 9.66. The van der Waals surface area contributed by atoms with Gasteiger partial charge in [-0.3, -0.25) is 9.59 Å². The number of hydrogen-bond donors (Lipinski definition) is 1. The SMILES string of the molecule is CS(=O)(=O)n1c2c(c3ccccc31)CN(C(=O)[C@@H]1CCCC[C@H]1C(=O)NC1(C#N)CC1)CC2. The number of hydrogen-bond acceptors (Lipinski definition) is 5. The summed E-state index contributed by atoms with van der Waals surface area (Å²) in [6.07, 6.45) is 6.09. The summed E-state index contributed by atoms with van der Waals surface area (Å²) in [6.45, 7) is 0.759. The molecular formula is C24H28N4O4S. The molecule has 2 aromatic rings. The van der Waals surface area contributed by atoms with Gasteiger partial charge in [-0.1, -0.05) is 31.0 Å². The van der Waals surface area contributed by atoms with Gasteiger partial charge in [0.25, 0.3) is 0 Å². The summed E-state index contributed by atoms with van der Waals surface area (Å²) in [7, 11) is -3.49. The molecule has 2 fully saturated rings. The van der Waals surface area contributed by atoms with Gasteiger partial charge in [0.1, 0.15) is 5.54 Å². The molecule has 5 rings (SSSR count). The van der Waals surface area contributed by atoms with Gasteiger partial charge < -0.3 is 10.2 Å². The molecule has 8 nitrogen and oxygen atoms in total. The predicted molar refractivity (Wildman–Crippen MR) is 122 cm³/mol. The molecule has 1 aromatic heterocycles. The first kappa shape index (κ1) is 22.0. The van der Waals surface area contributed by atoms with Gasteiger partial charge in [0, 0.05) is 48.0 Å². The van der Waals surface area contributed by atoms with Gasteiger partial charge in [-0.2, -0.15) is 5.26 Å². The van der Waals surface area contributed by atoms with Gasteiger partial charge >= 0.3 is 0 Å². The number of para-hydroxylation sites is 1. The van der Waals surface area contributed by atoms with E-state index in [-0.39, 0.29) is 11.8 Å². The van der Waals surface area contributed by atoms with Crippen LogP contribution in [-0.4, -0.2) is 47.4 Å². The molecule has 33 heavy (non-hydrogen) atoms. The first-order valence-corrected chi connectivity index (χ1v) is 13.4. The van der Waals surface area contributed by atoms with Gasteiger partial charge in [-0.05, 0) is 31.7 Å². The Labute approximate surface area is 193 Å². The Morgan fingerprint density at radius 2 is 1.85 bits per heavy atom. The van der Waals surface area contributed by atoms with Crippen molar-refractivity contribution in [1.82, 2.24) is 14.2 Å². The van der Waals surface area contributed by atoms with E-state index in [0.717, 1.165) is 29.5 Å². The third kappa shape index (κ3) is 3.80. The Hall–Kier alpha value is -2.86. The molecule has 0 radical (unpaired) electrons. The van der Waals surface area contributed by atoms with E-state index in [1.54, 1.807) is 11.0 Å². The van der Waals surface area contributed by atoms with Crippen molar-refractivity contribution in [2.24, 2.45) is 11.8 Å². The zero-order chi connectivity index (χ0) is 23.4. The van der Waals surface area contributed by atoms with Crippen molar-refractivity contribution in [2.75, 3.05) is 12.8 Å². The molecule has 0 spiro atoms. The normalized spacial score (nSPS) is 24.1. The topological polar surface area (TPSA) is 112 Å². The minimum absolute atomic E-state index is 0.0431. The number of fused-ring (bicyclic) bond motifs is 3. The summed E-state index contributed by atoms with van der Waals surface area (Å²) < 4.78 is 26.4. The van der Waals surface area contributed by atoms with Crippen LogP contribution in [0.5, 0.6) is 0 Å². The molecule has 2 aliphatic carbocycles. The lowest BCUT2D eigenvalue weighted by molar-refractivity contribution is -0.144. The monoisotopic (exact) mass is 468 g/mol. The maximum atomic E-state index is 13.6. The maximum Gasteiger partial charge on any atom is 0.236 e. The van der Waals surface area contributed by atoms with Crippen molar-refractivity contribution < 1.29 is 18.0 Å². The van der Waals surface area contributed by atoms with Gasteiger partial charge in [0.05, 0.1) is 17.8 Å². The van der Waals surface area contributed by atoms with Gasteiger partial charge in [-0.25, -0.2) is 12.4 Å². The number of carbonyl (C=O) groups excluding carboxylic acids is 2. The van der Waals surface area contributed by atoms with Crippen LogP contribution in [0.4, 0.5) is 0 Å². The smallest absolute Gasteiger partial charge is 0.236 e. The van der Waals surface area contributed by atoms with Crippen LogP contribution in [0.15, 0.2) is 24.3 Å². The van der Waals surface area contributed by atoms with Crippen molar-refractivity contribution in [3.8, 4) is 6.07 Å². The lowest BCUT2D eigenvalue weighted by Crippen LogP contribution is -2.48. The van der Waals surface area contributed by atoms with Crippen molar-refractivity contribution >= 4 is 32.7 Å². The molecule has 2 amide bonds. The van der Waals surface area contributed by atoms with Crippen LogP contribution in [-0.2, 0) is 32.6 Å². The summed E-state index contributed by atoms with van der Waals surface area (Å²) in [4.78, 5) is 28.4. The molecule has 2 heterocycles. The van der Waals surface area contributed by atoms with E-state index in [2.05, 4.69) is 11.4 Å². The molecule has 1 N–H and O–H groups in total. The number of nitrogens with one attached hydrogen (secondary N) is 1. The second kappa shape index (κ2) is 7.87. The van der Waals surface area contributed by atoms with Crippen molar-refractivity contribution in [3.05, 3.63) is 35.5 Å². The van der Waals surface area contributed by atoms with Crippen molar-refractivity contribution in [3.63, 3.8) is 0 Å². The molecule has 3 aliphatic rings. The van der Waals surface area contributed by atoms with Gasteiger partial charge in [-0.15, -0.1) is 0 Å². The van der Waals surface area contributed by atoms with Crippen molar-refractivity contribution in [1.29, 1.82) is 5.26 Å². The Morgan fingerprint density at radius 1 is 1.15 bits per heavy atom. The van der Waals surface area contributed by atoms with E-state index < -0.39 is 27.4 Å². The number of amides is 2. The molecule has 1 aliphatic heterocycles. The van der Waals surface area contributed by atoms with Crippen LogP contribution in [0.3, 0.4) is 0 Å². The van der Waals surface area contributed by atoms with Gasteiger partial charge in [0.15, 0.2) is 0 Å². The average molecular weight is 469 g/mol. The Balaban J connectivity index is 1.42. The van der Waals surface area contributed by atoms with E-state index in [9.17, 15) is 23.3 Å². The third-order valence-corrected chi connectivity index (χ3v) is 8.48. The zero-order valence-corrected chi connectivity index (χ0v) is 19.5. The standard InChI is InChI=1S/C24H28N4O4S/c1-33(31,32)28-20-9-5-4-6-16(20)19-14-27(13-10-21(19)28)23(30)18-8-3-2-7-17(18)22(29)26-24(15-25)11-12-24/h4-6,9,17-18H,2-3,7-8,10-14H2,1H3,(H,26,29)/t17-,18-/m1/s1. The second-order valence-corrected chi connectivity index (χ2v) is 11.5. The lowest BCUT2D eigenvalue weighted by Gasteiger charge is -2.36. The predicted octanol–water partition coefficient (Wildman–Crippen LogP) is 2.31. The number of nitrogens with zero attached hydrogens (tertiary/aromatic N) is 3. The first-order valence-electron chi connectivity index (χ1n) is 11.6. The highest BCUT2D eigenvalue weighted by Crippen LogP contribution is 2.38. The van der Waals surface area contributed by atoms with Crippen LogP contribution < -0.4 is 5.32 Å². The Kier molecular flexibility index (Phi) is 5.24. The Bertz CT molecular complexity index is 1290. The molecular weight excluding hydrogens is 440 g/mol. The summed E-state index contributed by atoms with van der Waals surface area (Å²) in [6, 6.07) is 9.58. The highest BCUT2D eigenvalue weighted by atomic mass is 32.2. The van der Waals surface area contributed by atoms with E-state index in [1.807, 2.05) is 18.2 Å². The summed E-state index contributed by atoms with van der Waals surface area (Å²) in [5.74, 6) is -1.05. The fourth-order valence-electron chi connectivity index (χ4n) is 5.53.